The number of para-hydroxylation sites is 1. The Morgan fingerprint density at radius 3 is 2.56 bits per heavy atom. The number of ketones is 1. The summed E-state index contributed by atoms with van der Waals surface area (Å²) in [5.74, 6) is 0.543. The molecule has 0 amide bonds. The van der Waals surface area contributed by atoms with E-state index in [1.807, 2.05) is 49.4 Å². The Bertz CT molecular complexity index is 776. The Kier molecular flexibility index (Phi) is 4.10. The summed E-state index contributed by atoms with van der Waals surface area (Å²) in [6.07, 6.45) is 0. The van der Waals surface area contributed by atoms with E-state index in [1.165, 1.54) is 0 Å². The minimum Gasteiger partial charge on any atom is -0.467 e. The number of carbonyl (C=O) groups is 1. The van der Waals surface area contributed by atoms with E-state index in [0.29, 0.717) is 11.3 Å². The lowest BCUT2D eigenvalue weighted by Crippen LogP contribution is -2.65. The number of hydrogen-bond donors (Lipinski definition) is 1. The summed E-state index contributed by atoms with van der Waals surface area (Å²) in [7, 11) is 0. The summed E-state index contributed by atoms with van der Waals surface area (Å²) in [5.41, 5.74) is 0.956. The van der Waals surface area contributed by atoms with Gasteiger partial charge in [0, 0.05) is 31.2 Å². The van der Waals surface area contributed by atoms with Crippen LogP contribution in [0.2, 0.25) is 0 Å². The van der Waals surface area contributed by atoms with Crippen LogP contribution in [0.25, 0.3) is 0 Å². The zero-order valence-corrected chi connectivity index (χ0v) is 14.7. The molecule has 1 fully saturated rings. The second-order valence-electron chi connectivity index (χ2n) is 6.99. The second-order valence-corrected chi connectivity index (χ2v) is 6.99. The van der Waals surface area contributed by atoms with Crippen molar-refractivity contribution < 1.29 is 9.53 Å². The third kappa shape index (κ3) is 2.48. The SMILES string of the molecule is CC1CNCCN1C1(c2ccccc2)Oc2ccccc2C(=O)C1C. The molecule has 4 rings (SSSR count). The van der Waals surface area contributed by atoms with Gasteiger partial charge < -0.3 is 10.1 Å². The molecular formula is C21H24N2O2. The average Bonchev–Trinajstić information content (AvgIpc) is 2.66. The molecule has 130 valence electrons. The van der Waals surface area contributed by atoms with E-state index < -0.39 is 5.72 Å². The molecule has 0 radical (unpaired) electrons. The maximum absolute atomic E-state index is 13.2. The highest BCUT2D eigenvalue weighted by Gasteiger charge is 2.54. The molecule has 3 atom stereocenters. The summed E-state index contributed by atoms with van der Waals surface area (Å²) >= 11 is 0. The van der Waals surface area contributed by atoms with Crippen molar-refractivity contribution in [3.8, 4) is 5.75 Å². The molecule has 2 aromatic rings. The van der Waals surface area contributed by atoms with E-state index in [2.05, 4.69) is 29.3 Å². The van der Waals surface area contributed by atoms with Crippen LogP contribution in [0, 0.1) is 5.92 Å². The molecule has 0 aliphatic carbocycles. The molecule has 4 heteroatoms. The fraction of sp³-hybridized carbons (Fsp3) is 0.381. The Balaban J connectivity index is 1.91. The molecule has 0 aromatic heterocycles. The smallest absolute Gasteiger partial charge is 0.199 e. The summed E-state index contributed by atoms with van der Waals surface area (Å²) in [4.78, 5) is 15.6. The van der Waals surface area contributed by atoms with Crippen LogP contribution in [0.1, 0.15) is 29.8 Å². The van der Waals surface area contributed by atoms with Crippen LogP contribution < -0.4 is 10.1 Å². The molecule has 4 nitrogen and oxygen atoms in total. The highest BCUT2D eigenvalue weighted by Crippen LogP contribution is 2.46. The van der Waals surface area contributed by atoms with Crippen molar-refractivity contribution >= 4 is 5.78 Å². The van der Waals surface area contributed by atoms with E-state index in [4.69, 9.17) is 4.74 Å². The Morgan fingerprint density at radius 1 is 1.08 bits per heavy atom. The normalized spacial score (nSPS) is 29.8. The molecule has 2 aliphatic rings. The van der Waals surface area contributed by atoms with Crippen LogP contribution in [-0.2, 0) is 5.72 Å². The minimum atomic E-state index is -0.770. The van der Waals surface area contributed by atoms with E-state index in [9.17, 15) is 4.79 Å². The maximum Gasteiger partial charge on any atom is 0.199 e. The van der Waals surface area contributed by atoms with Gasteiger partial charge in [0.2, 0.25) is 0 Å². The number of rotatable bonds is 2. The first-order chi connectivity index (χ1) is 12.1. The first-order valence-corrected chi connectivity index (χ1v) is 9.00. The molecule has 3 unspecified atom stereocenters. The highest BCUT2D eigenvalue weighted by atomic mass is 16.5. The zero-order valence-electron chi connectivity index (χ0n) is 14.7. The van der Waals surface area contributed by atoms with Gasteiger partial charge in [-0.3, -0.25) is 9.69 Å². The van der Waals surface area contributed by atoms with Crippen molar-refractivity contribution in [3.63, 3.8) is 0 Å². The van der Waals surface area contributed by atoms with Gasteiger partial charge in [0.15, 0.2) is 11.5 Å². The van der Waals surface area contributed by atoms with Gasteiger partial charge in [0.1, 0.15) is 5.75 Å². The maximum atomic E-state index is 13.2. The first-order valence-electron chi connectivity index (χ1n) is 9.00. The van der Waals surface area contributed by atoms with Crippen LogP contribution in [0.4, 0.5) is 0 Å². The van der Waals surface area contributed by atoms with Gasteiger partial charge in [0.05, 0.1) is 11.5 Å². The number of fused-ring (bicyclic) bond motifs is 1. The molecule has 2 heterocycles. The number of carbonyl (C=O) groups excluding carboxylic acids is 1. The van der Waals surface area contributed by atoms with Gasteiger partial charge in [-0.15, -0.1) is 0 Å². The average molecular weight is 336 g/mol. The number of hydrogen-bond acceptors (Lipinski definition) is 4. The third-order valence-electron chi connectivity index (χ3n) is 5.51. The molecular weight excluding hydrogens is 312 g/mol. The van der Waals surface area contributed by atoms with Gasteiger partial charge in [-0.05, 0) is 26.0 Å². The summed E-state index contributed by atoms with van der Waals surface area (Å²) in [6, 6.07) is 18.1. The summed E-state index contributed by atoms with van der Waals surface area (Å²) < 4.78 is 6.68. The van der Waals surface area contributed by atoms with Gasteiger partial charge in [0.25, 0.3) is 0 Å². The number of Topliss-reactive ketones (excluding diaryl/α,β-unsaturated/α-hetero) is 1. The zero-order chi connectivity index (χ0) is 17.4. The molecule has 25 heavy (non-hydrogen) atoms. The third-order valence-corrected chi connectivity index (χ3v) is 5.51. The van der Waals surface area contributed by atoms with Crippen LogP contribution >= 0.6 is 0 Å². The summed E-state index contributed by atoms with van der Waals surface area (Å²) in [6.45, 7) is 6.82. The second kappa shape index (κ2) is 6.28. The van der Waals surface area contributed by atoms with Crippen LogP contribution in [-0.4, -0.2) is 36.4 Å². The first kappa shape index (κ1) is 16.3. The van der Waals surface area contributed by atoms with Crippen LogP contribution in [0.5, 0.6) is 5.75 Å². The number of piperazine rings is 1. The monoisotopic (exact) mass is 336 g/mol. The van der Waals surface area contributed by atoms with Crippen LogP contribution in [0.15, 0.2) is 54.6 Å². The van der Waals surface area contributed by atoms with E-state index in [1.54, 1.807) is 0 Å². The fourth-order valence-electron chi connectivity index (χ4n) is 4.22. The van der Waals surface area contributed by atoms with Crippen molar-refractivity contribution in [2.75, 3.05) is 19.6 Å². The van der Waals surface area contributed by atoms with E-state index in [-0.39, 0.29) is 17.7 Å². The molecule has 0 saturated carbocycles. The topological polar surface area (TPSA) is 41.6 Å². The number of benzene rings is 2. The molecule has 1 N–H and O–H groups in total. The lowest BCUT2D eigenvalue weighted by molar-refractivity contribution is -0.148. The molecule has 1 saturated heterocycles. The largest absolute Gasteiger partial charge is 0.467 e. The predicted molar refractivity (Wildman–Crippen MR) is 97.7 cm³/mol. The highest BCUT2D eigenvalue weighted by molar-refractivity contribution is 6.02. The quantitative estimate of drug-likeness (QED) is 0.915. The van der Waals surface area contributed by atoms with Gasteiger partial charge in [-0.25, -0.2) is 0 Å². The van der Waals surface area contributed by atoms with Gasteiger partial charge in [-0.1, -0.05) is 42.5 Å². The van der Waals surface area contributed by atoms with E-state index in [0.717, 1.165) is 25.2 Å². The fourth-order valence-corrected chi connectivity index (χ4v) is 4.22. The lowest BCUT2D eigenvalue weighted by atomic mass is 9.79. The van der Waals surface area contributed by atoms with Crippen molar-refractivity contribution in [2.24, 2.45) is 5.92 Å². The molecule has 2 aromatic carbocycles. The number of nitrogens with one attached hydrogen (secondary N) is 1. The van der Waals surface area contributed by atoms with Crippen molar-refractivity contribution in [1.82, 2.24) is 10.2 Å². The number of ether oxygens (including phenoxy) is 1. The Hall–Kier alpha value is -2.17. The Morgan fingerprint density at radius 2 is 1.80 bits per heavy atom. The standard InChI is InChI=1S/C21H24N2O2/c1-15-14-22-12-13-23(15)21(17-8-4-3-5-9-17)16(2)20(24)18-10-6-7-11-19(18)25-21/h3-11,15-16,22H,12-14H2,1-2H3. The molecule has 2 aliphatic heterocycles. The van der Waals surface area contributed by atoms with Crippen molar-refractivity contribution in [2.45, 2.75) is 25.6 Å². The van der Waals surface area contributed by atoms with Gasteiger partial charge in [-0.2, -0.15) is 0 Å². The summed E-state index contributed by atoms with van der Waals surface area (Å²) in [5, 5.41) is 3.44. The van der Waals surface area contributed by atoms with E-state index >= 15 is 0 Å². The molecule has 0 spiro atoms. The van der Waals surface area contributed by atoms with Crippen molar-refractivity contribution in [3.05, 3.63) is 65.7 Å². The number of nitrogens with zero attached hydrogens (tertiary/aromatic N) is 1. The molecule has 0 bridgehead atoms. The minimum absolute atomic E-state index is 0.149. The van der Waals surface area contributed by atoms with Crippen LogP contribution in [0.3, 0.4) is 0 Å². The Labute approximate surface area is 148 Å². The van der Waals surface area contributed by atoms with Crippen molar-refractivity contribution in [1.29, 1.82) is 0 Å². The lowest BCUT2D eigenvalue weighted by Gasteiger charge is -2.53. The van der Waals surface area contributed by atoms with Gasteiger partial charge >= 0.3 is 0 Å². The predicted octanol–water partition coefficient (Wildman–Crippen LogP) is 3.04.